The third kappa shape index (κ3) is 3.63. The fraction of sp³-hybridized carbons (Fsp3) is 0.421. The Morgan fingerprint density at radius 2 is 2.08 bits per heavy atom. The Bertz CT molecular complexity index is 833. The Morgan fingerprint density at radius 3 is 2.76 bits per heavy atom. The summed E-state index contributed by atoms with van der Waals surface area (Å²) < 4.78 is 1.68. The average molecular weight is 357 g/mol. The van der Waals surface area contributed by atoms with E-state index in [0.717, 1.165) is 22.0 Å². The van der Waals surface area contributed by atoms with Crippen molar-refractivity contribution in [1.29, 1.82) is 0 Å². The van der Waals surface area contributed by atoms with Crippen molar-refractivity contribution in [2.45, 2.75) is 38.5 Å². The van der Waals surface area contributed by atoms with Crippen molar-refractivity contribution in [3.05, 3.63) is 57.5 Å². The van der Waals surface area contributed by atoms with Crippen molar-refractivity contribution < 1.29 is 4.79 Å². The molecule has 1 aromatic carbocycles. The van der Waals surface area contributed by atoms with Gasteiger partial charge in [-0.3, -0.25) is 14.2 Å². The van der Waals surface area contributed by atoms with Gasteiger partial charge in [0, 0.05) is 37.1 Å². The van der Waals surface area contributed by atoms with E-state index in [2.05, 4.69) is 4.98 Å². The zero-order chi connectivity index (χ0) is 18.0. The third-order valence-corrected chi connectivity index (χ3v) is 5.73. The molecule has 1 atom stereocenters. The standard InChI is InChI=1S/C19H23N3O2S/c1-4-16-13(2)20-19-22(18(16)24)11-15(12-25-19)17(23)21(3)10-14-8-6-5-7-9-14/h5-9,15H,4,10-12H2,1-3H3. The highest BCUT2D eigenvalue weighted by molar-refractivity contribution is 7.99. The van der Waals surface area contributed by atoms with Crippen molar-refractivity contribution in [3.8, 4) is 0 Å². The van der Waals surface area contributed by atoms with E-state index in [9.17, 15) is 9.59 Å². The fourth-order valence-electron chi connectivity index (χ4n) is 3.20. The number of benzene rings is 1. The van der Waals surface area contributed by atoms with Crippen LogP contribution in [0.1, 0.15) is 23.7 Å². The van der Waals surface area contributed by atoms with Crippen molar-refractivity contribution in [1.82, 2.24) is 14.5 Å². The predicted octanol–water partition coefficient (Wildman–Crippen LogP) is 2.49. The molecule has 0 saturated carbocycles. The van der Waals surface area contributed by atoms with Crippen LogP contribution in [0.3, 0.4) is 0 Å². The Morgan fingerprint density at radius 1 is 1.36 bits per heavy atom. The van der Waals surface area contributed by atoms with E-state index in [1.807, 2.05) is 51.2 Å². The van der Waals surface area contributed by atoms with E-state index in [1.54, 1.807) is 9.47 Å². The molecule has 0 fully saturated rings. The molecule has 0 saturated heterocycles. The molecule has 1 aliphatic heterocycles. The summed E-state index contributed by atoms with van der Waals surface area (Å²) in [5, 5.41) is 0.731. The largest absolute Gasteiger partial charge is 0.341 e. The number of thioether (sulfide) groups is 1. The van der Waals surface area contributed by atoms with Crippen molar-refractivity contribution in [2.24, 2.45) is 5.92 Å². The van der Waals surface area contributed by atoms with Crippen molar-refractivity contribution in [2.75, 3.05) is 12.8 Å². The van der Waals surface area contributed by atoms with Gasteiger partial charge in [-0.25, -0.2) is 4.98 Å². The number of nitrogens with zero attached hydrogens (tertiary/aromatic N) is 3. The summed E-state index contributed by atoms with van der Waals surface area (Å²) in [6.45, 7) is 4.84. The Kier molecular flexibility index (Phi) is 5.27. The smallest absolute Gasteiger partial charge is 0.257 e. The van der Waals surface area contributed by atoms with Crippen LogP contribution in [0.5, 0.6) is 0 Å². The molecule has 0 bridgehead atoms. The average Bonchev–Trinajstić information content (AvgIpc) is 2.62. The summed E-state index contributed by atoms with van der Waals surface area (Å²) in [4.78, 5) is 31.8. The van der Waals surface area contributed by atoms with E-state index in [0.29, 0.717) is 25.3 Å². The van der Waals surface area contributed by atoms with Gasteiger partial charge in [0.15, 0.2) is 5.16 Å². The third-order valence-electron chi connectivity index (χ3n) is 4.59. The van der Waals surface area contributed by atoms with Crippen LogP contribution in [-0.4, -0.2) is 33.2 Å². The van der Waals surface area contributed by atoms with Gasteiger partial charge in [0.2, 0.25) is 5.91 Å². The van der Waals surface area contributed by atoms with Gasteiger partial charge in [-0.2, -0.15) is 0 Å². The molecule has 0 aliphatic carbocycles. The number of hydrogen-bond acceptors (Lipinski definition) is 4. The minimum absolute atomic E-state index is 0.000660. The molecule has 0 N–H and O–H groups in total. The highest BCUT2D eigenvalue weighted by atomic mass is 32.2. The first-order valence-corrected chi connectivity index (χ1v) is 9.51. The lowest BCUT2D eigenvalue weighted by atomic mass is 10.1. The van der Waals surface area contributed by atoms with Crippen LogP contribution < -0.4 is 5.56 Å². The SMILES string of the molecule is CCc1c(C)nc2n(c1=O)CC(C(=O)N(C)Cc1ccccc1)CS2. The fourth-order valence-corrected chi connectivity index (χ4v) is 4.31. The quantitative estimate of drug-likeness (QED) is 0.789. The Labute approximate surface area is 152 Å². The molecule has 5 nitrogen and oxygen atoms in total. The van der Waals surface area contributed by atoms with E-state index >= 15 is 0 Å². The lowest BCUT2D eigenvalue weighted by Crippen LogP contribution is -2.41. The van der Waals surface area contributed by atoms with E-state index in [1.165, 1.54) is 11.8 Å². The zero-order valence-electron chi connectivity index (χ0n) is 14.9. The number of amides is 1. The summed E-state index contributed by atoms with van der Waals surface area (Å²) in [6.07, 6.45) is 0.662. The van der Waals surface area contributed by atoms with Crippen LogP contribution in [0.4, 0.5) is 0 Å². The molecule has 3 rings (SSSR count). The topological polar surface area (TPSA) is 55.2 Å². The van der Waals surface area contributed by atoms with Crippen LogP contribution in [0.25, 0.3) is 0 Å². The summed E-state index contributed by atoms with van der Waals surface area (Å²) in [5.41, 5.74) is 2.65. The summed E-state index contributed by atoms with van der Waals surface area (Å²) in [5.74, 6) is 0.542. The van der Waals surface area contributed by atoms with Gasteiger partial charge in [-0.05, 0) is 18.9 Å². The molecule has 1 unspecified atom stereocenters. The van der Waals surface area contributed by atoms with Gasteiger partial charge in [0.05, 0.1) is 5.92 Å². The monoisotopic (exact) mass is 357 g/mol. The minimum Gasteiger partial charge on any atom is -0.341 e. The van der Waals surface area contributed by atoms with Crippen molar-refractivity contribution in [3.63, 3.8) is 0 Å². The maximum atomic E-state index is 12.8. The van der Waals surface area contributed by atoms with Gasteiger partial charge in [-0.1, -0.05) is 49.0 Å². The lowest BCUT2D eigenvalue weighted by Gasteiger charge is -2.28. The van der Waals surface area contributed by atoms with Gasteiger partial charge in [0.25, 0.3) is 5.56 Å². The van der Waals surface area contributed by atoms with Gasteiger partial charge in [0.1, 0.15) is 0 Å². The molecule has 1 aliphatic rings. The van der Waals surface area contributed by atoms with Crippen LogP contribution in [0, 0.1) is 12.8 Å². The van der Waals surface area contributed by atoms with E-state index in [-0.39, 0.29) is 17.4 Å². The summed E-state index contributed by atoms with van der Waals surface area (Å²) in [7, 11) is 1.82. The van der Waals surface area contributed by atoms with Crippen LogP contribution in [-0.2, 0) is 24.3 Å². The maximum Gasteiger partial charge on any atom is 0.257 e. The zero-order valence-corrected chi connectivity index (χ0v) is 15.7. The lowest BCUT2D eigenvalue weighted by molar-refractivity contribution is -0.134. The predicted molar refractivity (Wildman–Crippen MR) is 99.7 cm³/mol. The highest BCUT2D eigenvalue weighted by Gasteiger charge is 2.29. The van der Waals surface area contributed by atoms with E-state index < -0.39 is 0 Å². The van der Waals surface area contributed by atoms with Crippen molar-refractivity contribution >= 4 is 17.7 Å². The number of carbonyl (C=O) groups is 1. The summed E-state index contributed by atoms with van der Waals surface area (Å²) in [6, 6.07) is 9.94. The van der Waals surface area contributed by atoms with Crippen LogP contribution >= 0.6 is 11.8 Å². The molecule has 1 amide bonds. The second-order valence-electron chi connectivity index (χ2n) is 6.42. The second kappa shape index (κ2) is 7.44. The highest BCUT2D eigenvalue weighted by Crippen LogP contribution is 2.27. The molecule has 2 heterocycles. The second-order valence-corrected chi connectivity index (χ2v) is 7.40. The molecular weight excluding hydrogens is 334 g/mol. The molecule has 0 spiro atoms. The molecule has 0 radical (unpaired) electrons. The first-order valence-electron chi connectivity index (χ1n) is 8.53. The van der Waals surface area contributed by atoms with Gasteiger partial charge in [-0.15, -0.1) is 0 Å². The first-order chi connectivity index (χ1) is 12.0. The number of carbonyl (C=O) groups excluding carboxylic acids is 1. The van der Waals surface area contributed by atoms with Gasteiger partial charge < -0.3 is 4.90 Å². The molecule has 132 valence electrons. The maximum absolute atomic E-state index is 12.8. The Balaban J connectivity index is 1.78. The van der Waals surface area contributed by atoms with Crippen LogP contribution in [0.2, 0.25) is 0 Å². The van der Waals surface area contributed by atoms with E-state index in [4.69, 9.17) is 0 Å². The van der Waals surface area contributed by atoms with Gasteiger partial charge >= 0.3 is 0 Å². The number of hydrogen-bond donors (Lipinski definition) is 0. The van der Waals surface area contributed by atoms with Crippen LogP contribution in [0.15, 0.2) is 40.3 Å². The molecule has 1 aromatic heterocycles. The number of fused-ring (bicyclic) bond motifs is 1. The normalized spacial score (nSPS) is 16.4. The molecule has 2 aromatic rings. The Hall–Kier alpha value is -2.08. The number of aromatic nitrogens is 2. The summed E-state index contributed by atoms with van der Waals surface area (Å²) >= 11 is 1.50. The molecular formula is C19H23N3O2S. The first kappa shape index (κ1) is 17.7. The molecule has 25 heavy (non-hydrogen) atoms. The minimum atomic E-state index is -0.196. The number of rotatable bonds is 4. The molecule has 6 heteroatoms. The number of aryl methyl sites for hydroxylation is 1.